The fourth-order valence-corrected chi connectivity index (χ4v) is 2.57. The summed E-state index contributed by atoms with van der Waals surface area (Å²) in [5, 5.41) is 0. The van der Waals surface area contributed by atoms with E-state index in [4.69, 9.17) is 14.2 Å². The highest BCUT2D eigenvalue weighted by atomic mass is 16.5. The molecular formula is C17H21NO5. The van der Waals surface area contributed by atoms with Gasteiger partial charge in [0.15, 0.2) is 0 Å². The molecule has 1 aromatic carbocycles. The minimum Gasteiger partial charge on any atom is -0.466 e. The molecule has 0 spiro atoms. The van der Waals surface area contributed by atoms with Crippen molar-refractivity contribution < 1.29 is 23.8 Å². The van der Waals surface area contributed by atoms with E-state index in [1.807, 2.05) is 32.9 Å². The zero-order chi connectivity index (χ0) is 17.1. The van der Waals surface area contributed by atoms with Crippen LogP contribution in [-0.2, 0) is 23.8 Å². The SMILES string of the molecule is COC(=O)C1=C(C(=O)OC)N(c2cc(C)c(C)cc2C)COC1. The van der Waals surface area contributed by atoms with Gasteiger partial charge in [0.2, 0.25) is 0 Å². The minimum atomic E-state index is -0.600. The van der Waals surface area contributed by atoms with Gasteiger partial charge in [-0.15, -0.1) is 0 Å². The van der Waals surface area contributed by atoms with E-state index in [0.717, 1.165) is 22.4 Å². The van der Waals surface area contributed by atoms with Crippen molar-refractivity contribution in [3.63, 3.8) is 0 Å². The highest BCUT2D eigenvalue weighted by molar-refractivity contribution is 6.03. The first-order valence-corrected chi connectivity index (χ1v) is 7.23. The lowest BCUT2D eigenvalue weighted by Gasteiger charge is -2.32. The van der Waals surface area contributed by atoms with Crippen LogP contribution in [0.15, 0.2) is 23.4 Å². The third kappa shape index (κ3) is 3.22. The van der Waals surface area contributed by atoms with E-state index in [-0.39, 0.29) is 24.6 Å². The largest absolute Gasteiger partial charge is 0.466 e. The second-order valence-corrected chi connectivity index (χ2v) is 5.44. The first-order valence-electron chi connectivity index (χ1n) is 7.23. The number of ether oxygens (including phenoxy) is 3. The van der Waals surface area contributed by atoms with Gasteiger partial charge in [0, 0.05) is 5.69 Å². The van der Waals surface area contributed by atoms with Gasteiger partial charge < -0.3 is 19.1 Å². The molecule has 0 saturated heterocycles. The molecule has 0 saturated carbocycles. The summed E-state index contributed by atoms with van der Waals surface area (Å²) < 4.78 is 15.1. The number of rotatable bonds is 3. The van der Waals surface area contributed by atoms with Gasteiger partial charge in [0.05, 0.1) is 26.4 Å². The number of carbonyl (C=O) groups excluding carboxylic acids is 2. The average molecular weight is 319 g/mol. The average Bonchev–Trinajstić information content (AvgIpc) is 2.56. The van der Waals surface area contributed by atoms with Crippen LogP contribution in [0.1, 0.15) is 16.7 Å². The van der Waals surface area contributed by atoms with Crippen LogP contribution in [0.3, 0.4) is 0 Å². The van der Waals surface area contributed by atoms with Crippen molar-refractivity contribution in [2.24, 2.45) is 0 Å². The summed E-state index contributed by atoms with van der Waals surface area (Å²) in [5.41, 5.74) is 4.33. The zero-order valence-corrected chi connectivity index (χ0v) is 14.1. The van der Waals surface area contributed by atoms with Gasteiger partial charge in [0.25, 0.3) is 0 Å². The molecule has 2 rings (SSSR count). The minimum absolute atomic E-state index is 0.0114. The van der Waals surface area contributed by atoms with Gasteiger partial charge in [-0.2, -0.15) is 0 Å². The van der Waals surface area contributed by atoms with Crippen LogP contribution in [0.2, 0.25) is 0 Å². The molecule has 0 aromatic heterocycles. The molecule has 6 heteroatoms. The molecule has 1 heterocycles. The molecule has 1 aliphatic heterocycles. The quantitative estimate of drug-likeness (QED) is 0.794. The van der Waals surface area contributed by atoms with Crippen molar-refractivity contribution in [2.75, 3.05) is 32.5 Å². The number of anilines is 1. The van der Waals surface area contributed by atoms with E-state index < -0.39 is 11.9 Å². The van der Waals surface area contributed by atoms with Gasteiger partial charge in [-0.05, 0) is 43.5 Å². The molecule has 6 nitrogen and oxygen atoms in total. The second kappa shape index (κ2) is 6.83. The van der Waals surface area contributed by atoms with Gasteiger partial charge in [-0.3, -0.25) is 0 Å². The van der Waals surface area contributed by atoms with E-state index in [9.17, 15) is 9.59 Å². The molecule has 0 atom stereocenters. The van der Waals surface area contributed by atoms with Gasteiger partial charge in [-0.25, -0.2) is 9.59 Å². The van der Waals surface area contributed by atoms with Crippen LogP contribution < -0.4 is 4.90 Å². The van der Waals surface area contributed by atoms with Crippen molar-refractivity contribution in [2.45, 2.75) is 20.8 Å². The zero-order valence-electron chi connectivity index (χ0n) is 14.1. The maximum atomic E-state index is 12.3. The van der Waals surface area contributed by atoms with Crippen LogP contribution >= 0.6 is 0 Å². The van der Waals surface area contributed by atoms with Gasteiger partial charge in [-0.1, -0.05) is 6.07 Å². The lowest BCUT2D eigenvalue weighted by molar-refractivity contribution is -0.140. The summed E-state index contributed by atoms with van der Waals surface area (Å²) in [7, 11) is 2.55. The molecule has 1 aromatic rings. The van der Waals surface area contributed by atoms with Crippen molar-refractivity contribution in [1.29, 1.82) is 0 Å². The number of methoxy groups -OCH3 is 2. The fourth-order valence-electron chi connectivity index (χ4n) is 2.57. The molecule has 0 amide bonds. The standard InChI is InChI=1S/C17H21NO5/c1-10-6-12(3)14(7-11(10)2)18-9-23-8-13(16(19)21-4)15(18)17(20)22-5/h6-7H,8-9H2,1-5H3. The van der Waals surface area contributed by atoms with Crippen LogP contribution in [0.25, 0.3) is 0 Å². The maximum absolute atomic E-state index is 12.3. The second-order valence-electron chi connectivity index (χ2n) is 5.44. The predicted molar refractivity (Wildman–Crippen MR) is 85.0 cm³/mol. The number of esters is 2. The van der Waals surface area contributed by atoms with Crippen LogP contribution in [0, 0.1) is 20.8 Å². The van der Waals surface area contributed by atoms with Crippen molar-refractivity contribution >= 4 is 17.6 Å². The Balaban J connectivity index is 2.62. The van der Waals surface area contributed by atoms with E-state index in [0.29, 0.717) is 0 Å². The molecule has 0 unspecified atom stereocenters. The lowest BCUT2D eigenvalue weighted by atomic mass is 10.0. The molecule has 0 aliphatic carbocycles. The van der Waals surface area contributed by atoms with Gasteiger partial charge >= 0.3 is 11.9 Å². The van der Waals surface area contributed by atoms with Crippen molar-refractivity contribution in [1.82, 2.24) is 0 Å². The molecule has 124 valence electrons. The summed E-state index contributed by atoms with van der Waals surface area (Å²) in [5.74, 6) is -1.19. The van der Waals surface area contributed by atoms with E-state index in [1.54, 1.807) is 4.90 Å². The Morgan fingerprint density at radius 1 is 1.00 bits per heavy atom. The number of carbonyl (C=O) groups is 2. The van der Waals surface area contributed by atoms with E-state index >= 15 is 0 Å². The fraction of sp³-hybridized carbons (Fsp3) is 0.412. The molecular weight excluding hydrogens is 298 g/mol. The van der Waals surface area contributed by atoms with Crippen LogP contribution in [0.4, 0.5) is 5.69 Å². The highest BCUT2D eigenvalue weighted by Gasteiger charge is 2.33. The number of aryl methyl sites for hydroxylation is 3. The van der Waals surface area contributed by atoms with Crippen LogP contribution in [0.5, 0.6) is 0 Å². The van der Waals surface area contributed by atoms with Crippen molar-refractivity contribution in [3.8, 4) is 0 Å². The lowest BCUT2D eigenvalue weighted by Crippen LogP contribution is -2.39. The monoisotopic (exact) mass is 319 g/mol. The number of nitrogens with zero attached hydrogens (tertiary/aromatic N) is 1. The van der Waals surface area contributed by atoms with Crippen LogP contribution in [-0.4, -0.2) is 39.5 Å². The third-order valence-corrected chi connectivity index (χ3v) is 3.94. The number of benzene rings is 1. The normalized spacial score (nSPS) is 14.7. The Bertz CT molecular complexity index is 678. The Hall–Kier alpha value is -2.34. The number of hydrogen-bond acceptors (Lipinski definition) is 6. The maximum Gasteiger partial charge on any atom is 0.355 e. The molecule has 1 aliphatic rings. The summed E-state index contributed by atoms with van der Waals surface area (Å²) in [6, 6.07) is 4.00. The van der Waals surface area contributed by atoms with E-state index in [2.05, 4.69) is 0 Å². The highest BCUT2D eigenvalue weighted by Crippen LogP contribution is 2.31. The topological polar surface area (TPSA) is 65.1 Å². The Morgan fingerprint density at radius 3 is 2.22 bits per heavy atom. The Labute approximate surface area is 135 Å². The number of hydrogen-bond donors (Lipinski definition) is 0. The predicted octanol–water partition coefficient (Wildman–Crippen LogP) is 2.01. The third-order valence-electron chi connectivity index (χ3n) is 3.94. The molecule has 0 bridgehead atoms. The van der Waals surface area contributed by atoms with E-state index in [1.165, 1.54) is 14.2 Å². The molecule has 23 heavy (non-hydrogen) atoms. The summed E-state index contributed by atoms with van der Waals surface area (Å²) in [6.07, 6.45) is 0. The summed E-state index contributed by atoms with van der Waals surface area (Å²) in [4.78, 5) is 25.9. The Morgan fingerprint density at radius 2 is 1.61 bits per heavy atom. The first kappa shape index (κ1) is 17.0. The Kier molecular flexibility index (Phi) is 5.05. The van der Waals surface area contributed by atoms with Gasteiger partial charge in [0.1, 0.15) is 12.4 Å². The summed E-state index contributed by atoms with van der Waals surface area (Å²) in [6.45, 7) is 6.14. The molecule has 0 fully saturated rings. The molecule has 0 radical (unpaired) electrons. The summed E-state index contributed by atoms with van der Waals surface area (Å²) >= 11 is 0. The smallest absolute Gasteiger partial charge is 0.355 e. The van der Waals surface area contributed by atoms with Crippen molar-refractivity contribution in [3.05, 3.63) is 40.1 Å². The molecule has 0 N–H and O–H groups in total. The first-order chi connectivity index (χ1) is 10.9.